The van der Waals surface area contributed by atoms with Gasteiger partial charge in [-0.1, -0.05) is 115 Å². The van der Waals surface area contributed by atoms with E-state index in [-0.39, 0.29) is 0 Å². The zero-order valence-corrected chi connectivity index (χ0v) is 16.7. The standard InChI is InChI=1S/C24H21PSi/c25-20-16-18-24(19-17-20)26(21-10-4-1-5-11-21,22-12-6-2-7-13-22)23-14-8-3-9-15-23/h1-19H,25H2. The monoisotopic (exact) mass is 368 g/mol. The van der Waals surface area contributed by atoms with E-state index in [1.807, 2.05) is 0 Å². The highest BCUT2D eigenvalue weighted by Gasteiger charge is 2.40. The molecular weight excluding hydrogens is 347 g/mol. The third-order valence-electron chi connectivity index (χ3n) is 4.96. The summed E-state index contributed by atoms with van der Waals surface area (Å²) >= 11 is 0. The molecule has 4 aromatic rings. The van der Waals surface area contributed by atoms with E-state index in [0.717, 1.165) is 0 Å². The van der Waals surface area contributed by atoms with Crippen molar-refractivity contribution in [2.75, 3.05) is 0 Å². The van der Waals surface area contributed by atoms with Crippen molar-refractivity contribution in [2.24, 2.45) is 0 Å². The van der Waals surface area contributed by atoms with Crippen LogP contribution >= 0.6 is 9.24 Å². The fourth-order valence-electron chi connectivity index (χ4n) is 3.80. The smallest absolute Gasteiger partial charge is 0.106 e. The first-order valence-corrected chi connectivity index (χ1v) is 11.4. The second kappa shape index (κ2) is 7.41. The van der Waals surface area contributed by atoms with Crippen LogP contribution < -0.4 is 26.1 Å². The molecule has 1 unspecified atom stereocenters. The molecule has 0 aromatic heterocycles. The van der Waals surface area contributed by atoms with Crippen molar-refractivity contribution in [3.8, 4) is 0 Å². The van der Waals surface area contributed by atoms with E-state index in [1.54, 1.807) is 0 Å². The van der Waals surface area contributed by atoms with E-state index >= 15 is 0 Å². The summed E-state index contributed by atoms with van der Waals surface area (Å²) < 4.78 is 0. The first-order chi connectivity index (χ1) is 12.8. The Labute approximate surface area is 158 Å². The average Bonchev–Trinajstić information content (AvgIpc) is 2.72. The molecule has 4 aromatic carbocycles. The topological polar surface area (TPSA) is 0 Å². The Morgan fingerprint density at radius 3 is 1.04 bits per heavy atom. The van der Waals surface area contributed by atoms with Crippen LogP contribution in [0.3, 0.4) is 0 Å². The minimum absolute atomic E-state index is 1.21. The summed E-state index contributed by atoms with van der Waals surface area (Å²) in [6, 6.07) is 42.0. The molecule has 0 saturated heterocycles. The van der Waals surface area contributed by atoms with Crippen molar-refractivity contribution in [1.82, 2.24) is 0 Å². The van der Waals surface area contributed by atoms with Gasteiger partial charge in [0.15, 0.2) is 8.07 Å². The molecule has 0 radical (unpaired) electrons. The number of rotatable bonds is 4. The highest BCUT2D eigenvalue weighted by atomic mass is 31.0. The molecule has 0 heterocycles. The Balaban J connectivity index is 2.12. The van der Waals surface area contributed by atoms with Crippen LogP contribution in [0, 0.1) is 0 Å². The molecule has 126 valence electrons. The Morgan fingerprint density at radius 1 is 0.385 bits per heavy atom. The van der Waals surface area contributed by atoms with Crippen molar-refractivity contribution < 1.29 is 0 Å². The van der Waals surface area contributed by atoms with Crippen LogP contribution in [0.25, 0.3) is 0 Å². The van der Waals surface area contributed by atoms with Gasteiger partial charge in [-0.15, -0.1) is 9.24 Å². The minimum Gasteiger partial charge on any atom is -0.106 e. The SMILES string of the molecule is Pc1ccc([Si](c2ccccc2)(c2ccccc2)c2ccccc2)cc1. The maximum absolute atomic E-state index is 2.79. The number of benzene rings is 4. The van der Waals surface area contributed by atoms with Crippen molar-refractivity contribution in [2.45, 2.75) is 0 Å². The molecule has 1 atom stereocenters. The summed E-state index contributed by atoms with van der Waals surface area (Å²) in [5, 5.41) is 6.86. The fourth-order valence-corrected chi connectivity index (χ4v) is 8.73. The first kappa shape index (κ1) is 17.0. The van der Waals surface area contributed by atoms with Gasteiger partial charge >= 0.3 is 0 Å². The predicted molar refractivity (Wildman–Crippen MR) is 119 cm³/mol. The Kier molecular flexibility index (Phi) is 4.84. The Bertz CT molecular complexity index is 868. The molecule has 4 rings (SSSR count). The summed E-state index contributed by atoms with van der Waals surface area (Å²) in [4.78, 5) is 0. The van der Waals surface area contributed by atoms with Gasteiger partial charge in [0.1, 0.15) is 0 Å². The molecule has 0 N–H and O–H groups in total. The highest BCUT2D eigenvalue weighted by Crippen LogP contribution is 2.09. The molecular formula is C24H21PSi. The molecule has 0 spiro atoms. The summed E-state index contributed by atoms with van der Waals surface area (Å²) in [5.74, 6) is 0. The lowest BCUT2D eigenvalue weighted by molar-refractivity contribution is 1.67. The zero-order valence-electron chi connectivity index (χ0n) is 14.5. The summed E-state index contributed by atoms with van der Waals surface area (Å²) in [7, 11) is 0.463. The number of hydrogen-bond donors (Lipinski definition) is 0. The maximum Gasteiger partial charge on any atom is 0.179 e. The molecule has 26 heavy (non-hydrogen) atoms. The van der Waals surface area contributed by atoms with E-state index < -0.39 is 8.07 Å². The second-order valence-corrected chi connectivity index (χ2v) is 10.9. The van der Waals surface area contributed by atoms with Crippen molar-refractivity contribution in [3.05, 3.63) is 115 Å². The van der Waals surface area contributed by atoms with E-state index in [0.29, 0.717) is 0 Å². The molecule has 0 nitrogen and oxygen atoms in total. The van der Waals surface area contributed by atoms with Gasteiger partial charge in [0.05, 0.1) is 0 Å². The largest absolute Gasteiger partial charge is 0.179 e. The van der Waals surface area contributed by atoms with E-state index in [9.17, 15) is 0 Å². The van der Waals surface area contributed by atoms with Crippen LogP contribution in [0.5, 0.6) is 0 Å². The average molecular weight is 368 g/mol. The van der Waals surface area contributed by atoms with Gasteiger partial charge in [0, 0.05) is 0 Å². The molecule has 0 aliphatic rings. The van der Waals surface area contributed by atoms with Gasteiger partial charge < -0.3 is 0 Å². The van der Waals surface area contributed by atoms with Crippen molar-refractivity contribution in [3.63, 3.8) is 0 Å². The molecule has 0 amide bonds. The van der Waals surface area contributed by atoms with Crippen molar-refractivity contribution >= 4 is 43.4 Å². The predicted octanol–water partition coefficient (Wildman–Crippen LogP) is 2.56. The van der Waals surface area contributed by atoms with Gasteiger partial charge in [-0.25, -0.2) is 0 Å². The third kappa shape index (κ3) is 2.94. The van der Waals surface area contributed by atoms with Crippen LogP contribution in [-0.2, 0) is 0 Å². The van der Waals surface area contributed by atoms with Crippen molar-refractivity contribution in [1.29, 1.82) is 0 Å². The van der Waals surface area contributed by atoms with E-state index in [1.165, 1.54) is 26.1 Å². The summed E-state index contributed by atoms with van der Waals surface area (Å²) in [6.07, 6.45) is 0. The van der Waals surface area contributed by atoms with Gasteiger partial charge in [-0.3, -0.25) is 0 Å². The highest BCUT2D eigenvalue weighted by molar-refractivity contribution is 7.27. The van der Waals surface area contributed by atoms with Gasteiger partial charge in [-0.05, 0) is 26.1 Å². The molecule has 0 fully saturated rings. The van der Waals surface area contributed by atoms with Crippen LogP contribution in [0.4, 0.5) is 0 Å². The van der Waals surface area contributed by atoms with Gasteiger partial charge in [0.25, 0.3) is 0 Å². The Hall–Kier alpha value is -2.47. The third-order valence-corrected chi connectivity index (χ3v) is 10.1. The molecule has 2 heteroatoms. The van der Waals surface area contributed by atoms with Crippen LogP contribution in [0.15, 0.2) is 115 Å². The van der Waals surface area contributed by atoms with Crippen LogP contribution in [0.1, 0.15) is 0 Å². The lowest BCUT2D eigenvalue weighted by Crippen LogP contribution is -2.74. The minimum atomic E-state index is -2.33. The molecule has 0 aliphatic heterocycles. The first-order valence-electron chi connectivity index (χ1n) is 8.84. The van der Waals surface area contributed by atoms with Crippen LogP contribution in [0.2, 0.25) is 0 Å². The van der Waals surface area contributed by atoms with Gasteiger partial charge in [0.2, 0.25) is 0 Å². The fraction of sp³-hybridized carbons (Fsp3) is 0. The van der Waals surface area contributed by atoms with E-state index in [4.69, 9.17) is 0 Å². The summed E-state index contributed by atoms with van der Waals surface area (Å²) in [6.45, 7) is 0. The van der Waals surface area contributed by atoms with E-state index in [2.05, 4.69) is 125 Å². The zero-order chi connectivity index (χ0) is 17.8. The second-order valence-electron chi connectivity index (χ2n) is 6.47. The molecule has 0 bridgehead atoms. The quantitative estimate of drug-likeness (QED) is 0.295. The number of hydrogen-bond acceptors (Lipinski definition) is 0. The normalized spacial score (nSPS) is 11.3. The lowest BCUT2D eigenvalue weighted by Gasteiger charge is -2.34. The summed E-state index contributed by atoms with van der Waals surface area (Å²) in [5.41, 5.74) is 0. The molecule has 0 aliphatic carbocycles. The van der Waals surface area contributed by atoms with Gasteiger partial charge in [-0.2, -0.15) is 0 Å². The molecule has 0 saturated carbocycles. The Morgan fingerprint density at radius 2 is 0.692 bits per heavy atom. The maximum atomic E-state index is 2.79. The van der Waals surface area contributed by atoms with Crippen LogP contribution in [-0.4, -0.2) is 8.07 Å². The lowest BCUT2D eigenvalue weighted by atomic mass is 10.3.